The van der Waals surface area contributed by atoms with Gasteiger partial charge in [-0.15, -0.1) is 0 Å². The second-order valence-corrected chi connectivity index (χ2v) is 4.63. The maximum atomic E-state index is 11.3. The highest BCUT2D eigenvalue weighted by molar-refractivity contribution is 5.76. The molecule has 0 aromatic carbocycles. The minimum Gasteiger partial charge on any atom is -0.356 e. The van der Waals surface area contributed by atoms with Crippen LogP contribution in [0, 0.1) is 11.3 Å². The summed E-state index contributed by atoms with van der Waals surface area (Å²) in [5.74, 6) is 0.443. The smallest absolute Gasteiger partial charge is 0.220 e. The van der Waals surface area contributed by atoms with E-state index in [0.717, 1.165) is 6.54 Å². The molecule has 0 aromatic heterocycles. The minimum absolute atomic E-state index is 0.145. The molecular weight excluding hydrogens is 164 g/mol. The highest BCUT2D eigenvalue weighted by atomic mass is 16.1. The highest BCUT2D eigenvalue weighted by Crippen LogP contribution is 2.43. The summed E-state index contributed by atoms with van der Waals surface area (Å²) in [6, 6.07) is 0. The SMILES string of the molecule is CC(CN)CC(=O)NCC1(C)CC1. The third-order valence-corrected chi connectivity index (χ3v) is 2.75. The maximum Gasteiger partial charge on any atom is 0.220 e. The number of nitrogens with one attached hydrogen (secondary N) is 1. The van der Waals surface area contributed by atoms with Crippen molar-refractivity contribution >= 4 is 5.91 Å². The quantitative estimate of drug-likeness (QED) is 0.666. The number of hydrogen-bond acceptors (Lipinski definition) is 2. The predicted octanol–water partition coefficient (Wildman–Crippen LogP) is 0.888. The van der Waals surface area contributed by atoms with Crippen LogP contribution in [0.1, 0.15) is 33.1 Å². The van der Waals surface area contributed by atoms with Gasteiger partial charge in [0.1, 0.15) is 0 Å². The van der Waals surface area contributed by atoms with E-state index in [2.05, 4.69) is 12.2 Å². The standard InChI is InChI=1S/C10H20N2O/c1-8(6-11)5-9(13)12-7-10(2)3-4-10/h8H,3-7,11H2,1-2H3,(H,12,13). The van der Waals surface area contributed by atoms with Crippen molar-refractivity contribution in [1.29, 1.82) is 0 Å². The molecule has 0 heterocycles. The summed E-state index contributed by atoms with van der Waals surface area (Å²) in [6.07, 6.45) is 3.06. The lowest BCUT2D eigenvalue weighted by Crippen LogP contribution is -2.31. The Morgan fingerprint density at radius 3 is 2.69 bits per heavy atom. The highest BCUT2D eigenvalue weighted by Gasteiger charge is 2.37. The molecule has 1 fully saturated rings. The van der Waals surface area contributed by atoms with Crippen molar-refractivity contribution in [2.75, 3.05) is 13.1 Å². The lowest BCUT2D eigenvalue weighted by Gasteiger charge is -2.12. The molecule has 0 radical (unpaired) electrons. The summed E-state index contributed by atoms with van der Waals surface area (Å²) in [5, 5.41) is 2.96. The molecule has 76 valence electrons. The molecule has 0 aromatic rings. The molecule has 1 rings (SSSR count). The van der Waals surface area contributed by atoms with Gasteiger partial charge >= 0.3 is 0 Å². The molecule has 3 heteroatoms. The Kier molecular flexibility index (Phi) is 3.31. The minimum atomic E-state index is 0.145. The summed E-state index contributed by atoms with van der Waals surface area (Å²) in [5.41, 5.74) is 5.84. The molecule has 3 nitrogen and oxygen atoms in total. The first-order valence-electron chi connectivity index (χ1n) is 5.02. The molecule has 0 saturated heterocycles. The molecule has 1 saturated carbocycles. The van der Waals surface area contributed by atoms with Crippen molar-refractivity contribution in [2.24, 2.45) is 17.1 Å². The van der Waals surface area contributed by atoms with Crippen LogP contribution in [0.3, 0.4) is 0 Å². The first kappa shape index (κ1) is 10.5. The molecule has 0 bridgehead atoms. The molecule has 1 amide bonds. The molecule has 13 heavy (non-hydrogen) atoms. The summed E-state index contributed by atoms with van der Waals surface area (Å²) in [6.45, 7) is 5.63. The van der Waals surface area contributed by atoms with Crippen LogP contribution in [0.5, 0.6) is 0 Å². The van der Waals surface area contributed by atoms with Crippen LogP contribution in [0.4, 0.5) is 0 Å². The van der Waals surface area contributed by atoms with Gasteiger partial charge in [-0.25, -0.2) is 0 Å². The van der Waals surface area contributed by atoms with Gasteiger partial charge in [-0.05, 0) is 30.7 Å². The van der Waals surface area contributed by atoms with Gasteiger partial charge in [-0.2, -0.15) is 0 Å². The van der Waals surface area contributed by atoms with Crippen LogP contribution in [0.25, 0.3) is 0 Å². The first-order chi connectivity index (χ1) is 6.06. The van der Waals surface area contributed by atoms with Crippen LogP contribution in [0.2, 0.25) is 0 Å². The van der Waals surface area contributed by atoms with Gasteiger partial charge in [0.2, 0.25) is 5.91 Å². The third-order valence-electron chi connectivity index (χ3n) is 2.75. The Morgan fingerprint density at radius 1 is 1.62 bits per heavy atom. The van der Waals surface area contributed by atoms with E-state index >= 15 is 0 Å². The number of hydrogen-bond donors (Lipinski definition) is 2. The van der Waals surface area contributed by atoms with E-state index in [1.807, 2.05) is 6.92 Å². The number of carbonyl (C=O) groups is 1. The lowest BCUT2D eigenvalue weighted by atomic mass is 10.1. The number of carbonyl (C=O) groups excluding carboxylic acids is 1. The van der Waals surface area contributed by atoms with Gasteiger partial charge in [-0.3, -0.25) is 4.79 Å². The molecule has 1 atom stereocenters. The summed E-state index contributed by atoms with van der Waals surface area (Å²) in [4.78, 5) is 11.3. The fraction of sp³-hybridized carbons (Fsp3) is 0.900. The monoisotopic (exact) mass is 184 g/mol. The van der Waals surface area contributed by atoms with Crippen LogP contribution in [0.15, 0.2) is 0 Å². The first-order valence-corrected chi connectivity index (χ1v) is 5.02. The second-order valence-electron chi connectivity index (χ2n) is 4.63. The summed E-state index contributed by atoms with van der Waals surface area (Å²) < 4.78 is 0. The molecular formula is C10H20N2O. The molecule has 1 aliphatic carbocycles. The van der Waals surface area contributed by atoms with Gasteiger partial charge in [0.15, 0.2) is 0 Å². The van der Waals surface area contributed by atoms with Gasteiger partial charge < -0.3 is 11.1 Å². The van der Waals surface area contributed by atoms with Gasteiger partial charge in [0, 0.05) is 13.0 Å². The van der Waals surface area contributed by atoms with Crippen molar-refractivity contribution in [3.8, 4) is 0 Å². The van der Waals surface area contributed by atoms with E-state index in [1.165, 1.54) is 12.8 Å². The largest absolute Gasteiger partial charge is 0.356 e. The van der Waals surface area contributed by atoms with E-state index in [4.69, 9.17) is 5.73 Å². The maximum absolute atomic E-state index is 11.3. The van der Waals surface area contributed by atoms with Crippen LogP contribution in [-0.4, -0.2) is 19.0 Å². The van der Waals surface area contributed by atoms with E-state index in [9.17, 15) is 4.79 Å². The molecule has 1 aliphatic rings. The predicted molar refractivity (Wildman–Crippen MR) is 53.2 cm³/mol. The molecule has 1 unspecified atom stereocenters. The Labute approximate surface area is 80.1 Å². The Hall–Kier alpha value is -0.570. The van der Waals surface area contributed by atoms with Crippen molar-refractivity contribution in [3.05, 3.63) is 0 Å². The van der Waals surface area contributed by atoms with Gasteiger partial charge in [-0.1, -0.05) is 13.8 Å². The average molecular weight is 184 g/mol. The molecule has 3 N–H and O–H groups in total. The zero-order valence-electron chi connectivity index (χ0n) is 8.60. The zero-order valence-corrected chi connectivity index (χ0v) is 8.60. The average Bonchev–Trinajstić information content (AvgIpc) is 2.81. The number of rotatable bonds is 5. The van der Waals surface area contributed by atoms with E-state index in [0.29, 0.717) is 24.3 Å². The Bertz CT molecular complexity index is 187. The zero-order chi connectivity index (χ0) is 9.90. The van der Waals surface area contributed by atoms with E-state index in [1.54, 1.807) is 0 Å². The number of nitrogens with two attached hydrogens (primary N) is 1. The van der Waals surface area contributed by atoms with Crippen molar-refractivity contribution in [3.63, 3.8) is 0 Å². The summed E-state index contributed by atoms with van der Waals surface area (Å²) in [7, 11) is 0. The van der Waals surface area contributed by atoms with Crippen LogP contribution in [-0.2, 0) is 4.79 Å². The van der Waals surface area contributed by atoms with E-state index < -0.39 is 0 Å². The Balaban J connectivity index is 2.10. The van der Waals surface area contributed by atoms with Crippen molar-refractivity contribution in [2.45, 2.75) is 33.1 Å². The molecule has 0 spiro atoms. The fourth-order valence-corrected chi connectivity index (χ4v) is 1.17. The lowest BCUT2D eigenvalue weighted by molar-refractivity contribution is -0.122. The van der Waals surface area contributed by atoms with Crippen molar-refractivity contribution < 1.29 is 4.79 Å². The number of amides is 1. The van der Waals surface area contributed by atoms with Crippen molar-refractivity contribution in [1.82, 2.24) is 5.32 Å². The third kappa shape index (κ3) is 3.77. The summed E-state index contributed by atoms with van der Waals surface area (Å²) >= 11 is 0. The fourth-order valence-electron chi connectivity index (χ4n) is 1.17. The normalized spacial score (nSPS) is 20.8. The van der Waals surface area contributed by atoms with E-state index in [-0.39, 0.29) is 5.91 Å². The van der Waals surface area contributed by atoms with Crippen LogP contribution < -0.4 is 11.1 Å². The van der Waals surface area contributed by atoms with Gasteiger partial charge in [0.25, 0.3) is 0 Å². The van der Waals surface area contributed by atoms with Gasteiger partial charge in [0.05, 0.1) is 0 Å². The van der Waals surface area contributed by atoms with Crippen LogP contribution >= 0.6 is 0 Å². The topological polar surface area (TPSA) is 55.1 Å². The molecule has 0 aliphatic heterocycles. The Morgan fingerprint density at radius 2 is 2.23 bits per heavy atom. The second kappa shape index (κ2) is 4.09.